The lowest BCUT2D eigenvalue weighted by Crippen LogP contribution is -2.18. The Morgan fingerprint density at radius 2 is 2.24 bits per heavy atom. The highest BCUT2D eigenvalue weighted by atomic mass is 19.1. The van der Waals surface area contributed by atoms with Gasteiger partial charge >= 0.3 is 0 Å². The van der Waals surface area contributed by atoms with Gasteiger partial charge in [0.1, 0.15) is 0 Å². The number of fused-ring (bicyclic) bond motifs is 1. The van der Waals surface area contributed by atoms with E-state index in [0.29, 0.717) is 16.5 Å². The summed E-state index contributed by atoms with van der Waals surface area (Å²) in [6.45, 7) is 0. The monoisotopic (exact) mass is 285 g/mol. The minimum absolute atomic E-state index is 0.0427. The molecule has 0 aromatic carbocycles. The number of halogens is 1. The number of rotatable bonds is 4. The van der Waals surface area contributed by atoms with Crippen LogP contribution >= 0.6 is 0 Å². The molecule has 0 aliphatic heterocycles. The number of pyridine rings is 2. The molecule has 3 aromatic rings. The maximum absolute atomic E-state index is 14.6. The van der Waals surface area contributed by atoms with Crippen LogP contribution in [0.4, 0.5) is 4.39 Å². The second-order valence-electron chi connectivity index (χ2n) is 4.66. The summed E-state index contributed by atoms with van der Waals surface area (Å²) < 4.78 is 14.6. The maximum Gasteiger partial charge on any atom is 0.218 e. The smallest absolute Gasteiger partial charge is 0.218 e. The van der Waals surface area contributed by atoms with Crippen LogP contribution in [0.25, 0.3) is 10.9 Å². The topological polar surface area (TPSA) is 97.5 Å². The summed E-state index contributed by atoms with van der Waals surface area (Å²) in [5.74, 6) is -1.61. The van der Waals surface area contributed by atoms with Gasteiger partial charge in [-0.3, -0.25) is 19.9 Å². The largest absolute Gasteiger partial charge is 0.370 e. The summed E-state index contributed by atoms with van der Waals surface area (Å²) >= 11 is 0. The number of carbonyl (C=O) groups is 1. The van der Waals surface area contributed by atoms with Crippen LogP contribution in [0.2, 0.25) is 0 Å². The Morgan fingerprint density at radius 1 is 1.38 bits per heavy atom. The van der Waals surface area contributed by atoms with E-state index in [2.05, 4.69) is 20.2 Å². The van der Waals surface area contributed by atoms with Crippen molar-refractivity contribution in [1.82, 2.24) is 20.2 Å². The summed E-state index contributed by atoms with van der Waals surface area (Å²) in [6.07, 6.45) is 6.02. The van der Waals surface area contributed by atoms with Gasteiger partial charge in [0, 0.05) is 24.7 Å². The van der Waals surface area contributed by atoms with Crippen molar-refractivity contribution in [3.05, 3.63) is 54.0 Å². The maximum atomic E-state index is 14.6. The molecule has 0 radical (unpaired) electrons. The normalized spacial score (nSPS) is 12.4. The lowest BCUT2D eigenvalue weighted by molar-refractivity contribution is -0.118. The van der Waals surface area contributed by atoms with E-state index < -0.39 is 17.6 Å². The number of amides is 1. The van der Waals surface area contributed by atoms with E-state index in [4.69, 9.17) is 5.73 Å². The van der Waals surface area contributed by atoms with E-state index in [9.17, 15) is 9.18 Å². The number of aromatic nitrogens is 4. The van der Waals surface area contributed by atoms with Crippen molar-refractivity contribution in [1.29, 1.82) is 0 Å². The van der Waals surface area contributed by atoms with E-state index in [1.54, 1.807) is 24.5 Å². The number of nitrogens with one attached hydrogen (secondary N) is 1. The van der Waals surface area contributed by atoms with Crippen LogP contribution in [0, 0.1) is 5.82 Å². The lowest BCUT2D eigenvalue weighted by atomic mass is 9.92. The van der Waals surface area contributed by atoms with Gasteiger partial charge in [0.05, 0.1) is 29.0 Å². The Kier molecular flexibility index (Phi) is 3.31. The number of carbonyl (C=O) groups excluding carboxylic acids is 1. The van der Waals surface area contributed by atoms with Crippen LogP contribution in [-0.4, -0.2) is 26.1 Å². The molecule has 0 aliphatic carbocycles. The van der Waals surface area contributed by atoms with Crippen LogP contribution in [0.15, 0.2) is 36.9 Å². The third-order valence-corrected chi connectivity index (χ3v) is 3.29. The third-order valence-electron chi connectivity index (χ3n) is 3.29. The molecular formula is C14H12FN5O. The lowest BCUT2D eigenvalue weighted by Gasteiger charge is -2.15. The Balaban J connectivity index is 2.14. The number of nitrogens with two attached hydrogens (primary N) is 1. The molecule has 1 unspecified atom stereocenters. The van der Waals surface area contributed by atoms with Gasteiger partial charge in [-0.15, -0.1) is 0 Å². The first-order chi connectivity index (χ1) is 10.2. The molecule has 0 saturated heterocycles. The molecule has 3 heterocycles. The number of primary amides is 1. The quantitative estimate of drug-likeness (QED) is 0.759. The Bertz CT molecular complexity index is 786. The van der Waals surface area contributed by atoms with E-state index in [0.717, 1.165) is 0 Å². The van der Waals surface area contributed by atoms with Gasteiger partial charge in [0.2, 0.25) is 5.91 Å². The standard InChI is InChI=1S/C14H12FN5O/c15-13-10-6-19-20-11(10)7-18-14(13)9(4-12(16)21)8-2-1-3-17-5-8/h1-3,5-7,9H,4H2,(H2,16,21)(H,19,20). The molecule has 0 spiro atoms. The van der Waals surface area contributed by atoms with Crippen molar-refractivity contribution in [2.45, 2.75) is 12.3 Å². The second-order valence-corrected chi connectivity index (χ2v) is 4.66. The molecule has 3 N–H and O–H groups in total. The number of H-pyrrole nitrogens is 1. The van der Waals surface area contributed by atoms with E-state index in [1.807, 2.05) is 0 Å². The molecule has 0 bridgehead atoms. The molecule has 3 rings (SSSR count). The average Bonchev–Trinajstić information content (AvgIpc) is 2.96. The van der Waals surface area contributed by atoms with Gasteiger partial charge in [-0.2, -0.15) is 5.10 Å². The van der Waals surface area contributed by atoms with Crippen molar-refractivity contribution in [3.63, 3.8) is 0 Å². The van der Waals surface area contributed by atoms with Crippen LogP contribution in [0.5, 0.6) is 0 Å². The molecule has 0 fully saturated rings. The van der Waals surface area contributed by atoms with Crippen LogP contribution < -0.4 is 5.73 Å². The number of hydrogen-bond donors (Lipinski definition) is 2. The predicted molar refractivity (Wildman–Crippen MR) is 73.7 cm³/mol. The highest BCUT2D eigenvalue weighted by Gasteiger charge is 2.23. The van der Waals surface area contributed by atoms with Gasteiger partial charge in [0.25, 0.3) is 0 Å². The third kappa shape index (κ3) is 2.45. The van der Waals surface area contributed by atoms with Crippen molar-refractivity contribution in [2.75, 3.05) is 0 Å². The van der Waals surface area contributed by atoms with Gasteiger partial charge in [-0.25, -0.2) is 4.39 Å². The molecule has 1 atom stereocenters. The first kappa shape index (κ1) is 13.2. The summed E-state index contributed by atoms with van der Waals surface area (Å²) in [6, 6.07) is 3.49. The van der Waals surface area contributed by atoms with Crippen molar-refractivity contribution >= 4 is 16.8 Å². The molecular weight excluding hydrogens is 273 g/mol. The summed E-state index contributed by atoms with van der Waals surface area (Å²) in [7, 11) is 0. The minimum Gasteiger partial charge on any atom is -0.370 e. The molecule has 3 aromatic heterocycles. The number of aromatic amines is 1. The van der Waals surface area contributed by atoms with Crippen molar-refractivity contribution < 1.29 is 9.18 Å². The highest BCUT2D eigenvalue weighted by Crippen LogP contribution is 2.30. The summed E-state index contributed by atoms with van der Waals surface area (Å²) in [5.41, 5.74) is 6.63. The fraction of sp³-hybridized carbons (Fsp3) is 0.143. The van der Waals surface area contributed by atoms with Gasteiger partial charge in [-0.05, 0) is 11.6 Å². The summed E-state index contributed by atoms with van der Waals surface area (Å²) in [5, 5.41) is 6.77. The van der Waals surface area contributed by atoms with E-state index in [-0.39, 0.29) is 12.1 Å². The molecule has 0 saturated carbocycles. The Labute approximate surface area is 119 Å². The van der Waals surface area contributed by atoms with Gasteiger partial charge in [0.15, 0.2) is 5.82 Å². The molecule has 6 nitrogen and oxygen atoms in total. The predicted octanol–water partition coefficient (Wildman–Crippen LogP) is 1.50. The van der Waals surface area contributed by atoms with Crippen molar-refractivity contribution in [2.24, 2.45) is 5.73 Å². The molecule has 21 heavy (non-hydrogen) atoms. The zero-order valence-electron chi connectivity index (χ0n) is 11.0. The van der Waals surface area contributed by atoms with Gasteiger partial charge < -0.3 is 5.73 Å². The van der Waals surface area contributed by atoms with Crippen LogP contribution in [0.3, 0.4) is 0 Å². The average molecular weight is 285 g/mol. The Morgan fingerprint density at radius 3 is 2.95 bits per heavy atom. The fourth-order valence-electron chi connectivity index (χ4n) is 2.30. The fourth-order valence-corrected chi connectivity index (χ4v) is 2.30. The molecule has 7 heteroatoms. The zero-order valence-corrected chi connectivity index (χ0v) is 11.0. The second kappa shape index (κ2) is 5.28. The van der Waals surface area contributed by atoms with E-state index in [1.165, 1.54) is 12.4 Å². The first-order valence-electron chi connectivity index (χ1n) is 6.32. The van der Waals surface area contributed by atoms with E-state index >= 15 is 0 Å². The van der Waals surface area contributed by atoms with Crippen LogP contribution in [0.1, 0.15) is 23.6 Å². The number of hydrogen-bond acceptors (Lipinski definition) is 4. The molecule has 0 aliphatic rings. The zero-order chi connectivity index (χ0) is 14.8. The van der Waals surface area contributed by atoms with Gasteiger partial charge in [-0.1, -0.05) is 6.07 Å². The van der Waals surface area contributed by atoms with Crippen LogP contribution in [-0.2, 0) is 4.79 Å². The highest BCUT2D eigenvalue weighted by molar-refractivity contribution is 5.79. The summed E-state index contributed by atoms with van der Waals surface area (Å²) in [4.78, 5) is 19.4. The number of nitrogens with zero attached hydrogens (tertiary/aromatic N) is 3. The minimum atomic E-state index is -0.574. The first-order valence-corrected chi connectivity index (χ1v) is 6.32. The Hall–Kier alpha value is -2.83. The molecule has 1 amide bonds. The SMILES string of the molecule is NC(=O)CC(c1cccnc1)c1ncc2[nH]ncc2c1F. The van der Waals surface area contributed by atoms with Crippen molar-refractivity contribution in [3.8, 4) is 0 Å². The molecule has 106 valence electrons.